The van der Waals surface area contributed by atoms with E-state index in [1.165, 1.54) is 77.0 Å². The molecule has 0 radical (unpaired) electrons. The highest BCUT2D eigenvalue weighted by Gasteiger charge is 2.38. The monoisotopic (exact) mass is 546 g/mol. The van der Waals surface area contributed by atoms with Crippen LogP contribution in [-0.4, -0.2) is 70.0 Å². The lowest BCUT2D eigenvalue weighted by Gasteiger charge is -2.24. The van der Waals surface area contributed by atoms with Crippen LogP contribution >= 0.6 is 0 Å². The number of carbonyl (C=O) groups excluding carboxylic acids is 2. The van der Waals surface area contributed by atoms with E-state index in [1.54, 1.807) is 0 Å². The van der Waals surface area contributed by atoms with E-state index in [2.05, 4.69) is 13.8 Å². The number of esters is 2. The van der Waals surface area contributed by atoms with E-state index in [1.807, 2.05) is 0 Å². The van der Waals surface area contributed by atoms with E-state index in [0.29, 0.717) is 12.8 Å². The SMILES string of the molecule is CCCCCCCCCCCCOC(=O)[C@@H](O)[C@H](O)[C@H](O)[C@@H](O)C(=O)OCCCCCCCCCCCC. The molecular weight excluding hydrogens is 488 g/mol. The predicted octanol–water partition coefficient (Wildman–Crippen LogP) is 5.36. The maximum absolute atomic E-state index is 12.0. The Balaban J connectivity index is 3.90. The van der Waals surface area contributed by atoms with Crippen LogP contribution in [0.3, 0.4) is 0 Å². The number of unbranched alkanes of at least 4 members (excludes halogenated alkanes) is 18. The summed E-state index contributed by atoms with van der Waals surface area (Å²) < 4.78 is 9.95. The second kappa shape index (κ2) is 26.0. The van der Waals surface area contributed by atoms with Crippen molar-refractivity contribution in [2.24, 2.45) is 0 Å². The number of aliphatic hydroxyl groups is 4. The summed E-state index contributed by atoms with van der Waals surface area (Å²) in [6.45, 7) is 4.60. The highest BCUT2D eigenvalue weighted by atomic mass is 16.6. The molecule has 4 N–H and O–H groups in total. The maximum atomic E-state index is 12.0. The fourth-order valence-corrected chi connectivity index (χ4v) is 4.35. The first-order chi connectivity index (χ1) is 18.4. The van der Waals surface area contributed by atoms with Gasteiger partial charge in [0.15, 0.2) is 12.2 Å². The van der Waals surface area contributed by atoms with Gasteiger partial charge in [-0.25, -0.2) is 9.59 Å². The molecule has 226 valence electrons. The van der Waals surface area contributed by atoms with E-state index >= 15 is 0 Å². The second-order valence-electron chi connectivity index (χ2n) is 10.6. The van der Waals surface area contributed by atoms with Gasteiger partial charge in [-0.3, -0.25) is 0 Å². The highest BCUT2D eigenvalue weighted by Crippen LogP contribution is 2.13. The molecule has 8 heteroatoms. The molecule has 0 aromatic carbocycles. The van der Waals surface area contributed by atoms with Crippen molar-refractivity contribution in [3.8, 4) is 0 Å². The van der Waals surface area contributed by atoms with Crippen LogP contribution in [0.15, 0.2) is 0 Å². The van der Waals surface area contributed by atoms with Crippen LogP contribution in [0.1, 0.15) is 142 Å². The molecule has 38 heavy (non-hydrogen) atoms. The van der Waals surface area contributed by atoms with Gasteiger partial charge in [-0.05, 0) is 12.8 Å². The van der Waals surface area contributed by atoms with Gasteiger partial charge >= 0.3 is 11.9 Å². The third-order valence-corrected chi connectivity index (χ3v) is 6.96. The molecule has 0 amide bonds. The molecule has 0 aromatic rings. The summed E-state index contributed by atoms with van der Waals surface area (Å²) in [5.74, 6) is -2.20. The normalized spacial score (nSPS) is 14.6. The van der Waals surface area contributed by atoms with Crippen molar-refractivity contribution in [2.45, 2.75) is 167 Å². The van der Waals surface area contributed by atoms with Crippen molar-refractivity contribution in [3.63, 3.8) is 0 Å². The van der Waals surface area contributed by atoms with Gasteiger partial charge in [0.2, 0.25) is 0 Å². The molecule has 0 aliphatic carbocycles. The first-order valence-corrected chi connectivity index (χ1v) is 15.4. The minimum absolute atomic E-state index is 0.0959. The fourth-order valence-electron chi connectivity index (χ4n) is 4.35. The lowest BCUT2D eigenvalue weighted by Crippen LogP contribution is -2.50. The summed E-state index contributed by atoms with van der Waals surface area (Å²) in [6.07, 6.45) is 14.3. The Morgan fingerprint density at radius 2 is 0.684 bits per heavy atom. The molecule has 0 saturated heterocycles. The van der Waals surface area contributed by atoms with Gasteiger partial charge in [0, 0.05) is 0 Å². The molecule has 0 rings (SSSR count). The molecule has 0 aliphatic heterocycles. The van der Waals surface area contributed by atoms with Crippen molar-refractivity contribution in [1.82, 2.24) is 0 Å². The number of hydrogen-bond acceptors (Lipinski definition) is 8. The maximum Gasteiger partial charge on any atom is 0.337 e. The Morgan fingerprint density at radius 1 is 0.447 bits per heavy atom. The Morgan fingerprint density at radius 3 is 0.947 bits per heavy atom. The molecule has 4 atom stereocenters. The zero-order valence-corrected chi connectivity index (χ0v) is 24.3. The summed E-state index contributed by atoms with van der Waals surface area (Å²) in [5.41, 5.74) is 0. The van der Waals surface area contributed by atoms with Gasteiger partial charge in [-0.2, -0.15) is 0 Å². The Hall–Kier alpha value is -1.22. The van der Waals surface area contributed by atoms with Crippen molar-refractivity contribution < 1.29 is 39.5 Å². The summed E-state index contributed by atoms with van der Waals surface area (Å²) in [7, 11) is 0. The third kappa shape index (κ3) is 19.8. The third-order valence-electron chi connectivity index (χ3n) is 6.96. The average molecular weight is 547 g/mol. The van der Waals surface area contributed by atoms with Crippen LogP contribution in [0.25, 0.3) is 0 Å². The number of carbonyl (C=O) groups is 2. The number of aliphatic hydroxyl groups excluding tert-OH is 4. The minimum atomic E-state index is -2.07. The summed E-state index contributed by atoms with van der Waals surface area (Å²) in [5, 5.41) is 40.0. The zero-order valence-electron chi connectivity index (χ0n) is 24.3. The van der Waals surface area contributed by atoms with E-state index in [4.69, 9.17) is 9.47 Å². The molecule has 0 heterocycles. The minimum Gasteiger partial charge on any atom is -0.464 e. The van der Waals surface area contributed by atoms with Gasteiger partial charge < -0.3 is 29.9 Å². The highest BCUT2D eigenvalue weighted by molar-refractivity contribution is 5.77. The van der Waals surface area contributed by atoms with E-state index in [9.17, 15) is 30.0 Å². The molecule has 0 aromatic heterocycles. The molecule has 0 aliphatic rings. The lowest BCUT2D eigenvalue weighted by atomic mass is 10.0. The molecule has 8 nitrogen and oxygen atoms in total. The van der Waals surface area contributed by atoms with Crippen LogP contribution in [-0.2, 0) is 19.1 Å². The standard InChI is InChI=1S/C30H58O8/c1-3-5-7-9-11-13-15-17-19-21-23-37-29(35)27(33)25(31)26(32)28(34)30(36)38-24-22-20-18-16-14-12-10-8-6-4-2/h25-28,31-34H,3-24H2,1-2H3/t25-,26+,27+,28-. The number of ether oxygens (including phenoxy) is 2. The van der Waals surface area contributed by atoms with Gasteiger partial charge in [-0.1, -0.05) is 129 Å². The van der Waals surface area contributed by atoms with Gasteiger partial charge in [0.25, 0.3) is 0 Å². The first-order valence-electron chi connectivity index (χ1n) is 15.4. The molecule has 0 bridgehead atoms. The quantitative estimate of drug-likeness (QED) is 0.0799. The van der Waals surface area contributed by atoms with E-state index in [0.717, 1.165) is 38.5 Å². The second-order valence-corrected chi connectivity index (χ2v) is 10.6. The van der Waals surface area contributed by atoms with Crippen LogP contribution in [0.4, 0.5) is 0 Å². The Labute approximate surface area is 231 Å². The van der Waals surface area contributed by atoms with Crippen LogP contribution in [0.2, 0.25) is 0 Å². The largest absolute Gasteiger partial charge is 0.464 e. The van der Waals surface area contributed by atoms with Crippen LogP contribution in [0.5, 0.6) is 0 Å². The topological polar surface area (TPSA) is 134 Å². The Kier molecular flexibility index (Phi) is 25.2. The van der Waals surface area contributed by atoms with Crippen molar-refractivity contribution in [2.75, 3.05) is 13.2 Å². The van der Waals surface area contributed by atoms with E-state index in [-0.39, 0.29) is 13.2 Å². The smallest absolute Gasteiger partial charge is 0.337 e. The number of hydrogen-bond donors (Lipinski definition) is 4. The average Bonchev–Trinajstić information content (AvgIpc) is 2.92. The lowest BCUT2D eigenvalue weighted by molar-refractivity contribution is -0.179. The molecule has 0 fully saturated rings. The zero-order chi connectivity index (χ0) is 28.4. The Bertz CT molecular complexity index is 508. The summed E-state index contributed by atoms with van der Waals surface area (Å²) in [4.78, 5) is 24.0. The first kappa shape index (κ1) is 36.8. The van der Waals surface area contributed by atoms with Crippen LogP contribution in [0, 0.1) is 0 Å². The van der Waals surface area contributed by atoms with Crippen molar-refractivity contribution in [1.29, 1.82) is 0 Å². The summed E-state index contributed by atoms with van der Waals surface area (Å²) in [6, 6.07) is 0. The van der Waals surface area contributed by atoms with Crippen LogP contribution < -0.4 is 0 Å². The molecule has 0 saturated carbocycles. The number of rotatable bonds is 27. The molecular formula is C30H58O8. The van der Waals surface area contributed by atoms with Crippen molar-refractivity contribution >= 4 is 11.9 Å². The van der Waals surface area contributed by atoms with Gasteiger partial charge in [0.05, 0.1) is 13.2 Å². The molecule has 0 spiro atoms. The van der Waals surface area contributed by atoms with Gasteiger partial charge in [0.1, 0.15) is 12.2 Å². The summed E-state index contributed by atoms with van der Waals surface area (Å²) >= 11 is 0. The molecule has 0 unspecified atom stereocenters. The van der Waals surface area contributed by atoms with Gasteiger partial charge in [-0.15, -0.1) is 0 Å². The van der Waals surface area contributed by atoms with E-state index < -0.39 is 36.4 Å². The predicted molar refractivity (Wildman–Crippen MR) is 150 cm³/mol. The van der Waals surface area contributed by atoms with Crippen molar-refractivity contribution in [3.05, 3.63) is 0 Å². The fraction of sp³-hybridized carbons (Fsp3) is 0.933.